The first-order chi connectivity index (χ1) is 10.9. The number of allylic oxidation sites excluding steroid dienone is 1. The maximum Gasteiger partial charge on any atom is 0.112 e. The van der Waals surface area contributed by atoms with Crippen molar-refractivity contribution in [3.05, 3.63) is 46.8 Å². The van der Waals surface area contributed by atoms with Crippen LogP contribution < -0.4 is 4.90 Å². The van der Waals surface area contributed by atoms with E-state index < -0.39 is 0 Å². The lowest BCUT2D eigenvalue weighted by Gasteiger charge is -2.60. The van der Waals surface area contributed by atoms with Crippen molar-refractivity contribution in [2.45, 2.75) is 59.0 Å². The van der Waals surface area contributed by atoms with Gasteiger partial charge in [0.15, 0.2) is 0 Å². The van der Waals surface area contributed by atoms with Gasteiger partial charge in [0.2, 0.25) is 0 Å². The maximum atomic E-state index is 2.61. The largest absolute Gasteiger partial charge is 0.358 e. The van der Waals surface area contributed by atoms with Gasteiger partial charge in [0.05, 0.1) is 11.4 Å². The van der Waals surface area contributed by atoms with Crippen LogP contribution in [0.2, 0.25) is 0 Å². The van der Waals surface area contributed by atoms with E-state index in [4.69, 9.17) is 0 Å². The van der Waals surface area contributed by atoms with Gasteiger partial charge in [-0.05, 0) is 37.0 Å². The highest BCUT2D eigenvalue weighted by Gasteiger charge is 2.59. The second-order valence-corrected chi connectivity index (χ2v) is 7.95. The van der Waals surface area contributed by atoms with Crippen molar-refractivity contribution in [1.29, 1.82) is 0 Å². The highest BCUT2D eigenvalue weighted by atomic mass is 15.4. The third-order valence-corrected chi connectivity index (χ3v) is 7.21. The number of rotatable bonds is 2. The van der Waals surface area contributed by atoms with Crippen molar-refractivity contribution in [3.8, 4) is 0 Å². The van der Waals surface area contributed by atoms with E-state index >= 15 is 0 Å². The van der Waals surface area contributed by atoms with Crippen LogP contribution in [0.15, 0.2) is 30.1 Å². The van der Waals surface area contributed by atoms with E-state index in [9.17, 15) is 0 Å². The number of anilines is 1. The van der Waals surface area contributed by atoms with Gasteiger partial charge in [0.1, 0.15) is 6.17 Å². The lowest BCUT2D eigenvalue weighted by atomic mass is 9.54. The van der Waals surface area contributed by atoms with E-state index in [1.54, 1.807) is 0 Å². The quantitative estimate of drug-likeness (QED) is 0.755. The topological polar surface area (TPSA) is 6.48 Å². The summed E-state index contributed by atoms with van der Waals surface area (Å²) in [5.41, 5.74) is 7.52. The minimum Gasteiger partial charge on any atom is -0.358 e. The summed E-state index contributed by atoms with van der Waals surface area (Å²) in [4.78, 5) is 5.05. The molecule has 0 bridgehead atoms. The summed E-state index contributed by atoms with van der Waals surface area (Å²) in [6, 6.07) is 4.72. The summed E-state index contributed by atoms with van der Waals surface area (Å²) >= 11 is 0. The molecule has 122 valence electrons. The van der Waals surface area contributed by atoms with Crippen molar-refractivity contribution >= 4 is 11.8 Å². The van der Waals surface area contributed by atoms with Crippen LogP contribution in [-0.4, -0.2) is 18.1 Å². The zero-order valence-electron chi connectivity index (χ0n) is 15.3. The number of aryl methyl sites for hydroxylation is 1. The Bertz CT molecular complexity index is 744. The molecule has 4 rings (SSSR count). The molecule has 0 saturated heterocycles. The predicted octanol–water partition coefficient (Wildman–Crippen LogP) is 5.04. The molecule has 0 aromatic heterocycles. The third kappa shape index (κ3) is 1.50. The summed E-state index contributed by atoms with van der Waals surface area (Å²) in [5, 5.41) is 0. The molecule has 3 unspecified atom stereocenters. The molecular weight excluding hydrogens is 280 g/mol. The fraction of sp³-hybridized carbons (Fsp3) is 0.524. The Balaban J connectivity index is 2.11. The van der Waals surface area contributed by atoms with E-state index in [1.807, 2.05) is 0 Å². The van der Waals surface area contributed by atoms with E-state index in [0.29, 0.717) is 6.17 Å². The summed E-state index contributed by atoms with van der Waals surface area (Å²) < 4.78 is 0. The van der Waals surface area contributed by atoms with Gasteiger partial charge in [-0.3, -0.25) is 0 Å². The van der Waals surface area contributed by atoms with Crippen LogP contribution in [0.5, 0.6) is 0 Å². The molecule has 0 spiro atoms. The highest BCUT2D eigenvalue weighted by molar-refractivity contribution is 5.84. The molecule has 3 aliphatic rings. The van der Waals surface area contributed by atoms with Crippen molar-refractivity contribution in [2.75, 3.05) is 11.9 Å². The van der Waals surface area contributed by atoms with Crippen molar-refractivity contribution in [1.82, 2.24) is 4.90 Å². The van der Waals surface area contributed by atoms with E-state index in [2.05, 4.69) is 82.0 Å². The number of hydrogen-bond acceptors (Lipinski definition) is 2. The molecule has 3 aliphatic heterocycles. The van der Waals surface area contributed by atoms with Gasteiger partial charge in [-0.15, -0.1) is 0 Å². The molecule has 3 atom stereocenters. The van der Waals surface area contributed by atoms with Crippen LogP contribution in [0.4, 0.5) is 5.69 Å². The molecule has 0 saturated carbocycles. The average Bonchev–Trinajstić information content (AvgIpc) is 2.89. The van der Waals surface area contributed by atoms with Crippen LogP contribution >= 0.6 is 0 Å². The minimum atomic E-state index is 0.184. The zero-order chi connectivity index (χ0) is 16.6. The van der Waals surface area contributed by atoms with Crippen LogP contribution in [-0.2, 0) is 5.41 Å². The first-order valence-corrected chi connectivity index (χ1v) is 8.94. The number of benzene rings is 1. The fourth-order valence-electron chi connectivity index (χ4n) is 5.33. The van der Waals surface area contributed by atoms with Crippen molar-refractivity contribution < 1.29 is 0 Å². The van der Waals surface area contributed by atoms with Crippen LogP contribution in [0.3, 0.4) is 0 Å². The van der Waals surface area contributed by atoms with Crippen LogP contribution in [0.1, 0.15) is 57.2 Å². The van der Waals surface area contributed by atoms with Crippen LogP contribution in [0.25, 0.3) is 6.08 Å². The summed E-state index contributed by atoms with van der Waals surface area (Å²) in [7, 11) is 2.24. The Kier molecular flexibility index (Phi) is 2.87. The Morgan fingerprint density at radius 3 is 2.48 bits per heavy atom. The highest BCUT2D eigenvalue weighted by Crippen LogP contribution is 2.61. The summed E-state index contributed by atoms with van der Waals surface area (Å²) in [6.45, 7) is 11.9. The Morgan fingerprint density at radius 1 is 1.09 bits per heavy atom. The Morgan fingerprint density at radius 2 is 1.83 bits per heavy atom. The van der Waals surface area contributed by atoms with Gasteiger partial charge < -0.3 is 9.80 Å². The molecule has 1 aromatic carbocycles. The van der Waals surface area contributed by atoms with E-state index in [-0.39, 0.29) is 10.8 Å². The lowest BCUT2D eigenvalue weighted by molar-refractivity contribution is 0.0390. The standard InChI is InChI=1S/C21H28N2/c1-7-20(4)17-12-9-14(3)16-11-10-15-13-22(6)19(21(20,5)8-2)23(15)18(16)17/h9-13,19H,7-8H2,1-6H3. The Labute approximate surface area is 140 Å². The smallest absolute Gasteiger partial charge is 0.112 e. The van der Waals surface area contributed by atoms with Gasteiger partial charge >= 0.3 is 0 Å². The SMILES string of the molecule is CCC1(C)c2ccc(C)c3c2N2C(=CN(C)C2C1(C)CC)C=C3. The molecule has 0 radical (unpaired) electrons. The first kappa shape index (κ1) is 14.9. The monoisotopic (exact) mass is 308 g/mol. The molecule has 23 heavy (non-hydrogen) atoms. The lowest BCUT2D eigenvalue weighted by Crippen LogP contribution is -2.62. The van der Waals surface area contributed by atoms with E-state index in [1.165, 1.54) is 40.9 Å². The zero-order valence-corrected chi connectivity index (χ0v) is 15.3. The predicted molar refractivity (Wildman–Crippen MR) is 98.4 cm³/mol. The van der Waals surface area contributed by atoms with Crippen molar-refractivity contribution in [2.24, 2.45) is 5.41 Å². The molecule has 0 N–H and O–H groups in total. The Hall–Kier alpha value is -1.70. The molecule has 0 fully saturated rings. The summed E-state index contributed by atoms with van der Waals surface area (Å²) in [5.74, 6) is 0. The number of hydrogen-bond donors (Lipinski definition) is 0. The molecule has 2 heteroatoms. The van der Waals surface area contributed by atoms with Crippen LogP contribution in [0, 0.1) is 12.3 Å². The minimum absolute atomic E-state index is 0.184. The van der Waals surface area contributed by atoms with Crippen molar-refractivity contribution in [3.63, 3.8) is 0 Å². The number of nitrogens with zero attached hydrogens (tertiary/aromatic N) is 2. The average molecular weight is 308 g/mol. The maximum absolute atomic E-state index is 2.61. The molecule has 0 aliphatic carbocycles. The molecule has 3 heterocycles. The second kappa shape index (κ2) is 4.43. The fourth-order valence-corrected chi connectivity index (χ4v) is 5.33. The molecule has 1 aromatic rings. The molecule has 2 nitrogen and oxygen atoms in total. The molecular formula is C21H28N2. The second-order valence-electron chi connectivity index (χ2n) is 7.95. The van der Waals surface area contributed by atoms with Gasteiger partial charge in [-0.1, -0.05) is 45.9 Å². The van der Waals surface area contributed by atoms with Gasteiger partial charge in [-0.25, -0.2) is 0 Å². The van der Waals surface area contributed by atoms with Gasteiger partial charge in [0, 0.05) is 29.6 Å². The normalized spacial score (nSPS) is 33.8. The van der Waals surface area contributed by atoms with Gasteiger partial charge in [0.25, 0.3) is 0 Å². The molecule has 0 amide bonds. The third-order valence-electron chi connectivity index (χ3n) is 7.21. The van der Waals surface area contributed by atoms with E-state index in [0.717, 1.165) is 0 Å². The summed E-state index contributed by atoms with van der Waals surface area (Å²) in [6.07, 6.45) is 9.69. The first-order valence-electron chi connectivity index (χ1n) is 8.94. The van der Waals surface area contributed by atoms with Gasteiger partial charge in [-0.2, -0.15) is 0 Å².